The third-order valence-corrected chi connectivity index (χ3v) is 5.99. The first-order valence-corrected chi connectivity index (χ1v) is 10.4. The molecular weight excluding hydrogens is 374 g/mol. The second kappa shape index (κ2) is 7.22. The predicted octanol–water partition coefficient (Wildman–Crippen LogP) is 4.06. The lowest BCUT2D eigenvalue weighted by Crippen LogP contribution is -2.32. The van der Waals surface area contributed by atoms with E-state index in [-0.39, 0.29) is 11.5 Å². The summed E-state index contributed by atoms with van der Waals surface area (Å²) in [7, 11) is 0. The number of benzene rings is 2. The number of hydrogen-bond acceptors (Lipinski definition) is 4. The summed E-state index contributed by atoms with van der Waals surface area (Å²) in [5, 5.41) is 9.00. The largest absolute Gasteiger partial charge is 0.351 e. The van der Waals surface area contributed by atoms with Crippen molar-refractivity contribution in [3.8, 4) is 11.5 Å². The lowest BCUT2D eigenvalue weighted by molar-refractivity contribution is 0.372. The molecule has 0 bridgehead atoms. The zero-order valence-electron chi connectivity index (χ0n) is 17.4. The van der Waals surface area contributed by atoms with Gasteiger partial charge in [0.2, 0.25) is 0 Å². The summed E-state index contributed by atoms with van der Waals surface area (Å²) in [6, 6.07) is 16.5. The number of nitrogens with one attached hydrogen (secondary N) is 2. The van der Waals surface area contributed by atoms with Gasteiger partial charge in [0, 0.05) is 16.5 Å². The predicted molar refractivity (Wildman–Crippen MR) is 118 cm³/mol. The standard InChI is InChI=1S/C24H25N5O/c1-14(2)16-8-10-17(11-9-16)20-13-29-21(12-25-20)27-24(28-29)22-15(3)23(30)18-6-4-5-7-19(18)26-22/h4-11,14,20,25H,12-13H2,1-3H3,(H,26,30). The minimum Gasteiger partial charge on any atom is -0.351 e. The van der Waals surface area contributed by atoms with Gasteiger partial charge < -0.3 is 10.3 Å². The number of nitrogens with zero attached hydrogens (tertiary/aromatic N) is 3. The summed E-state index contributed by atoms with van der Waals surface area (Å²) in [4.78, 5) is 20.9. The van der Waals surface area contributed by atoms with Crippen LogP contribution in [0.25, 0.3) is 22.4 Å². The number of H-pyrrole nitrogens is 1. The molecule has 6 nitrogen and oxygen atoms in total. The van der Waals surface area contributed by atoms with Gasteiger partial charge in [0.15, 0.2) is 11.3 Å². The number of fused-ring (bicyclic) bond motifs is 2. The molecular formula is C24H25N5O. The fourth-order valence-corrected chi connectivity index (χ4v) is 4.10. The van der Waals surface area contributed by atoms with Crippen LogP contribution in [0.3, 0.4) is 0 Å². The van der Waals surface area contributed by atoms with Gasteiger partial charge in [0.1, 0.15) is 5.82 Å². The average molecular weight is 399 g/mol. The second-order valence-electron chi connectivity index (χ2n) is 8.29. The van der Waals surface area contributed by atoms with E-state index in [4.69, 9.17) is 10.1 Å². The molecule has 0 amide bonds. The van der Waals surface area contributed by atoms with E-state index in [9.17, 15) is 4.79 Å². The molecule has 2 aromatic carbocycles. The first-order valence-electron chi connectivity index (χ1n) is 10.4. The molecule has 3 heterocycles. The Morgan fingerprint density at radius 1 is 1.10 bits per heavy atom. The van der Waals surface area contributed by atoms with E-state index in [1.807, 2.05) is 35.9 Å². The average Bonchev–Trinajstić information content (AvgIpc) is 3.19. The lowest BCUT2D eigenvalue weighted by Gasteiger charge is -2.24. The maximum Gasteiger partial charge on any atom is 0.198 e. The van der Waals surface area contributed by atoms with Gasteiger partial charge in [-0.25, -0.2) is 9.67 Å². The molecule has 5 rings (SSSR count). The van der Waals surface area contributed by atoms with Crippen LogP contribution in [0.4, 0.5) is 0 Å². The highest BCUT2D eigenvalue weighted by molar-refractivity contribution is 5.82. The van der Waals surface area contributed by atoms with Crippen molar-refractivity contribution < 1.29 is 0 Å². The van der Waals surface area contributed by atoms with Crippen LogP contribution in [0, 0.1) is 6.92 Å². The van der Waals surface area contributed by atoms with Crippen LogP contribution in [-0.4, -0.2) is 19.7 Å². The SMILES string of the molecule is Cc1c(-c2nc3n(n2)CC(c2ccc(C(C)C)cc2)NC3)[nH]c2ccccc2c1=O. The monoisotopic (exact) mass is 399 g/mol. The zero-order chi connectivity index (χ0) is 20.8. The molecule has 152 valence electrons. The Balaban J connectivity index is 1.48. The van der Waals surface area contributed by atoms with Crippen molar-refractivity contribution >= 4 is 10.9 Å². The molecule has 6 heteroatoms. The van der Waals surface area contributed by atoms with Gasteiger partial charge in [0.25, 0.3) is 0 Å². The number of rotatable bonds is 3. The summed E-state index contributed by atoms with van der Waals surface area (Å²) in [6.07, 6.45) is 0. The molecule has 1 atom stereocenters. The van der Waals surface area contributed by atoms with E-state index in [1.165, 1.54) is 11.1 Å². The summed E-state index contributed by atoms with van der Waals surface area (Å²) in [5.41, 5.74) is 4.75. The molecule has 4 aromatic rings. The molecule has 0 radical (unpaired) electrons. The molecule has 2 aromatic heterocycles. The van der Waals surface area contributed by atoms with Gasteiger partial charge in [0.05, 0.1) is 24.8 Å². The summed E-state index contributed by atoms with van der Waals surface area (Å²) in [5.74, 6) is 1.98. The molecule has 0 spiro atoms. The van der Waals surface area contributed by atoms with Crippen molar-refractivity contribution in [3.05, 3.63) is 81.3 Å². The van der Waals surface area contributed by atoms with Crippen LogP contribution in [0.1, 0.15) is 48.3 Å². The summed E-state index contributed by atoms with van der Waals surface area (Å²) in [6.45, 7) is 7.59. The van der Waals surface area contributed by atoms with Crippen molar-refractivity contribution in [1.29, 1.82) is 0 Å². The maximum atomic E-state index is 12.8. The van der Waals surface area contributed by atoms with Crippen LogP contribution in [0.15, 0.2) is 53.3 Å². The third-order valence-electron chi connectivity index (χ3n) is 5.99. The Bertz CT molecular complexity index is 1280. The number of hydrogen-bond donors (Lipinski definition) is 2. The second-order valence-corrected chi connectivity index (χ2v) is 8.29. The van der Waals surface area contributed by atoms with Gasteiger partial charge >= 0.3 is 0 Å². The molecule has 30 heavy (non-hydrogen) atoms. The highest BCUT2D eigenvalue weighted by Crippen LogP contribution is 2.25. The Labute approximate surface area is 175 Å². The first-order chi connectivity index (χ1) is 14.5. The molecule has 1 aliphatic rings. The van der Waals surface area contributed by atoms with Crippen LogP contribution in [-0.2, 0) is 13.1 Å². The van der Waals surface area contributed by atoms with E-state index in [1.54, 1.807) is 0 Å². The van der Waals surface area contributed by atoms with Crippen molar-refractivity contribution in [3.63, 3.8) is 0 Å². The zero-order valence-corrected chi connectivity index (χ0v) is 17.4. The Morgan fingerprint density at radius 3 is 2.63 bits per heavy atom. The number of aromatic amines is 1. The first kappa shape index (κ1) is 18.8. The quantitative estimate of drug-likeness (QED) is 0.545. The Kier molecular flexibility index (Phi) is 4.51. The van der Waals surface area contributed by atoms with E-state index >= 15 is 0 Å². The van der Waals surface area contributed by atoms with Crippen LogP contribution >= 0.6 is 0 Å². The topological polar surface area (TPSA) is 75.6 Å². The van der Waals surface area contributed by atoms with Gasteiger partial charge in [-0.15, -0.1) is 5.10 Å². The molecule has 1 unspecified atom stereocenters. The number of aromatic nitrogens is 4. The Hall–Kier alpha value is -3.25. The lowest BCUT2D eigenvalue weighted by atomic mass is 9.98. The fourth-order valence-electron chi connectivity index (χ4n) is 4.10. The molecule has 0 saturated heterocycles. The van der Waals surface area contributed by atoms with E-state index in [0.717, 1.165) is 11.3 Å². The number of pyridine rings is 1. The van der Waals surface area contributed by atoms with Gasteiger partial charge in [-0.3, -0.25) is 4.79 Å². The normalized spacial score (nSPS) is 16.2. The minimum atomic E-state index is 0.0216. The van der Waals surface area contributed by atoms with Crippen molar-refractivity contribution in [1.82, 2.24) is 25.1 Å². The smallest absolute Gasteiger partial charge is 0.198 e. The summed E-state index contributed by atoms with van der Waals surface area (Å²) >= 11 is 0. The van der Waals surface area contributed by atoms with Crippen molar-refractivity contribution in [2.45, 2.75) is 45.8 Å². The van der Waals surface area contributed by atoms with Crippen molar-refractivity contribution in [2.24, 2.45) is 0 Å². The highest BCUT2D eigenvalue weighted by atomic mass is 16.1. The minimum absolute atomic E-state index is 0.0216. The van der Waals surface area contributed by atoms with E-state index in [0.29, 0.717) is 41.5 Å². The third kappa shape index (κ3) is 3.13. The molecule has 0 saturated carbocycles. The van der Waals surface area contributed by atoms with Gasteiger partial charge in [-0.05, 0) is 36.1 Å². The van der Waals surface area contributed by atoms with Gasteiger partial charge in [-0.1, -0.05) is 50.2 Å². The molecule has 1 aliphatic heterocycles. The summed E-state index contributed by atoms with van der Waals surface area (Å²) < 4.78 is 1.96. The van der Waals surface area contributed by atoms with Crippen LogP contribution < -0.4 is 10.7 Å². The molecule has 0 aliphatic carbocycles. The van der Waals surface area contributed by atoms with E-state index in [2.05, 4.69) is 48.4 Å². The van der Waals surface area contributed by atoms with Crippen molar-refractivity contribution in [2.75, 3.05) is 0 Å². The van der Waals surface area contributed by atoms with E-state index < -0.39 is 0 Å². The fraction of sp³-hybridized carbons (Fsp3) is 0.292. The molecule has 2 N–H and O–H groups in total. The van der Waals surface area contributed by atoms with Crippen LogP contribution in [0.5, 0.6) is 0 Å². The van der Waals surface area contributed by atoms with Gasteiger partial charge in [-0.2, -0.15) is 0 Å². The number of para-hydroxylation sites is 1. The van der Waals surface area contributed by atoms with Crippen LogP contribution in [0.2, 0.25) is 0 Å². The maximum absolute atomic E-state index is 12.8. The highest BCUT2D eigenvalue weighted by Gasteiger charge is 2.24. The Morgan fingerprint density at radius 2 is 1.87 bits per heavy atom. The molecule has 0 fully saturated rings.